The van der Waals surface area contributed by atoms with E-state index >= 15 is 0 Å². The molecule has 1 unspecified atom stereocenters. The van der Waals surface area contributed by atoms with Crippen molar-refractivity contribution in [1.82, 2.24) is 4.31 Å². The predicted octanol–water partition coefficient (Wildman–Crippen LogP) is 0.726. The van der Waals surface area contributed by atoms with E-state index in [0.29, 0.717) is 19.1 Å². The van der Waals surface area contributed by atoms with Gasteiger partial charge < -0.3 is 10.5 Å². The van der Waals surface area contributed by atoms with Crippen LogP contribution in [0.3, 0.4) is 0 Å². The molecule has 1 aromatic rings. The molecular weight excluding hydrogens is 305 g/mol. The van der Waals surface area contributed by atoms with E-state index < -0.39 is 43.1 Å². The Labute approximate surface area is 120 Å². The molecule has 1 fully saturated rings. The second-order valence-corrected chi connectivity index (χ2v) is 6.58. The van der Waals surface area contributed by atoms with Crippen LogP contribution in [0.2, 0.25) is 0 Å². The van der Waals surface area contributed by atoms with Crippen molar-refractivity contribution in [3.8, 4) is 0 Å². The number of sulfonamides is 1. The first kappa shape index (κ1) is 15.6. The number of nitro benzene ring substituents is 1. The van der Waals surface area contributed by atoms with Crippen LogP contribution in [0, 0.1) is 15.9 Å². The second-order valence-electron chi connectivity index (χ2n) is 4.64. The fourth-order valence-electron chi connectivity index (χ4n) is 2.13. The first-order valence-electron chi connectivity index (χ1n) is 6.04. The van der Waals surface area contributed by atoms with Gasteiger partial charge in [0.2, 0.25) is 10.0 Å². The van der Waals surface area contributed by atoms with Gasteiger partial charge in [-0.1, -0.05) is 0 Å². The number of likely N-dealkylation sites (N-methyl/N-ethyl adjacent to an activating group) is 1. The summed E-state index contributed by atoms with van der Waals surface area (Å²) in [6, 6.07) is 0.959. The number of anilines is 1. The molecule has 0 aliphatic carbocycles. The Hall–Kier alpha value is -1.78. The summed E-state index contributed by atoms with van der Waals surface area (Å²) >= 11 is 0. The van der Waals surface area contributed by atoms with E-state index in [-0.39, 0.29) is 6.61 Å². The van der Waals surface area contributed by atoms with Gasteiger partial charge in [0.05, 0.1) is 29.3 Å². The molecule has 0 aromatic heterocycles. The van der Waals surface area contributed by atoms with Crippen LogP contribution in [-0.2, 0) is 14.8 Å². The minimum atomic E-state index is -4.20. The highest BCUT2D eigenvalue weighted by Gasteiger charge is 2.34. The number of benzene rings is 1. The standard InChI is InChI=1S/C11H14FN3O5S/c1-14(7-2-3-20-6-7)21(18,19)11-9(12)4-8(15(16)17)5-10(11)13/h4-5,7H,2-3,6,13H2,1H3. The SMILES string of the molecule is CN(C1CCOC1)S(=O)(=O)c1c(N)cc([N+](=O)[O-])cc1F. The third-order valence-corrected chi connectivity index (χ3v) is 5.33. The molecule has 1 aliphatic heterocycles. The normalized spacial score (nSPS) is 19.1. The van der Waals surface area contributed by atoms with Crippen molar-refractivity contribution >= 4 is 21.4 Å². The average Bonchev–Trinajstić information content (AvgIpc) is 2.90. The van der Waals surface area contributed by atoms with Crippen LogP contribution >= 0.6 is 0 Å². The van der Waals surface area contributed by atoms with Gasteiger partial charge in [-0.3, -0.25) is 10.1 Å². The molecule has 1 atom stereocenters. The van der Waals surface area contributed by atoms with Crippen LogP contribution in [0.5, 0.6) is 0 Å². The van der Waals surface area contributed by atoms with Crippen LogP contribution in [0.4, 0.5) is 15.8 Å². The van der Waals surface area contributed by atoms with Gasteiger partial charge in [0.25, 0.3) is 5.69 Å². The summed E-state index contributed by atoms with van der Waals surface area (Å²) < 4.78 is 44.9. The maximum Gasteiger partial charge on any atom is 0.274 e. The fraction of sp³-hybridized carbons (Fsp3) is 0.455. The van der Waals surface area contributed by atoms with Crippen LogP contribution in [0.25, 0.3) is 0 Å². The van der Waals surface area contributed by atoms with E-state index in [1.807, 2.05) is 0 Å². The Bertz CT molecular complexity index is 649. The lowest BCUT2D eigenvalue weighted by molar-refractivity contribution is -0.385. The Morgan fingerprint density at radius 1 is 1.52 bits per heavy atom. The van der Waals surface area contributed by atoms with E-state index in [2.05, 4.69) is 0 Å². The van der Waals surface area contributed by atoms with E-state index in [1.165, 1.54) is 7.05 Å². The molecule has 8 nitrogen and oxygen atoms in total. The molecule has 1 heterocycles. The van der Waals surface area contributed by atoms with Crippen LogP contribution in [-0.4, -0.2) is 43.9 Å². The van der Waals surface area contributed by atoms with Gasteiger partial charge in [0.1, 0.15) is 4.90 Å². The van der Waals surface area contributed by atoms with Crippen molar-refractivity contribution in [1.29, 1.82) is 0 Å². The summed E-state index contributed by atoms with van der Waals surface area (Å²) in [6.07, 6.45) is 0.490. The number of rotatable bonds is 4. The molecule has 1 saturated heterocycles. The maximum atomic E-state index is 14.0. The van der Waals surface area contributed by atoms with E-state index in [0.717, 1.165) is 10.4 Å². The number of hydrogen-bond donors (Lipinski definition) is 1. The van der Waals surface area contributed by atoms with Crippen molar-refractivity contribution in [3.05, 3.63) is 28.1 Å². The second kappa shape index (κ2) is 5.54. The molecule has 0 saturated carbocycles. The molecule has 0 spiro atoms. The lowest BCUT2D eigenvalue weighted by Gasteiger charge is -2.23. The summed E-state index contributed by atoms with van der Waals surface area (Å²) in [7, 11) is -2.89. The molecule has 10 heteroatoms. The number of hydrogen-bond acceptors (Lipinski definition) is 6. The number of nitrogen functional groups attached to an aromatic ring is 1. The summed E-state index contributed by atoms with van der Waals surface area (Å²) in [5.74, 6) is -1.24. The van der Waals surface area contributed by atoms with E-state index in [9.17, 15) is 22.9 Å². The minimum absolute atomic E-state index is 0.213. The van der Waals surface area contributed by atoms with Gasteiger partial charge in [-0.05, 0) is 6.42 Å². The van der Waals surface area contributed by atoms with E-state index in [1.54, 1.807) is 0 Å². The zero-order chi connectivity index (χ0) is 15.8. The molecule has 1 aromatic carbocycles. The topological polar surface area (TPSA) is 116 Å². The Kier molecular flexibility index (Phi) is 4.12. The van der Waals surface area contributed by atoms with Gasteiger partial charge in [-0.25, -0.2) is 12.8 Å². The number of halogens is 1. The van der Waals surface area contributed by atoms with Crippen LogP contribution < -0.4 is 5.73 Å². The largest absolute Gasteiger partial charge is 0.397 e. The highest BCUT2D eigenvalue weighted by atomic mass is 32.2. The van der Waals surface area contributed by atoms with Crippen molar-refractivity contribution in [2.75, 3.05) is 26.0 Å². The van der Waals surface area contributed by atoms with Crippen LogP contribution in [0.1, 0.15) is 6.42 Å². The van der Waals surface area contributed by atoms with Gasteiger partial charge in [0.15, 0.2) is 5.82 Å². The number of ether oxygens (including phenoxy) is 1. The predicted molar refractivity (Wildman–Crippen MR) is 71.6 cm³/mol. The van der Waals surface area contributed by atoms with Gasteiger partial charge in [-0.15, -0.1) is 0 Å². The Morgan fingerprint density at radius 3 is 2.67 bits per heavy atom. The Balaban J connectivity index is 2.47. The van der Waals surface area contributed by atoms with Gasteiger partial charge >= 0.3 is 0 Å². The third kappa shape index (κ3) is 2.82. The van der Waals surface area contributed by atoms with Gasteiger partial charge in [0, 0.05) is 19.7 Å². The highest BCUT2D eigenvalue weighted by molar-refractivity contribution is 7.89. The molecule has 0 bridgehead atoms. The van der Waals surface area contributed by atoms with Crippen molar-refractivity contribution in [2.24, 2.45) is 0 Å². The number of nitro groups is 1. The number of non-ortho nitro benzene ring substituents is 1. The molecular formula is C11H14FN3O5S. The summed E-state index contributed by atoms with van der Waals surface area (Å²) in [6.45, 7) is 0.632. The lowest BCUT2D eigenvalue weighted by atomic mass is 10.3. The summed E-state index contributed by atoms with van der Waals surface area (Å²) in [4.78, 5) is 9.03. The molecule has 2 N–H and O–H groups in total. The molecule has 2 rings (SSSR count). The smallest absolute Gasteiger partial charge is 0.274 e. The zero-order valence-corrected chi connectivity index (χ0v) is 12.0. The summed E-state index contributed by atoms with van der Waals surface area (Å²) in [5.41, 5.74) is 4.41. The fourth-order valence-corrected chi connectivity index (χ4v) is 3.64. The quantitative estimate of drug-likeness (QED) is 0.497. The van der Waals surface area contributed by atoms with Crippen molar-refractivity contribution in [2.45, 2.75) is 17.4 Å². The van der Waals surface area contributed by atoms with Gasteiger partial charge in [-0.2, -0.15) is 4.31 Å². The first-order chi connectivity index (χ1) is 9.75. The van der Waals surface area contributed by atoms with Crippen molar-refractivity contribution < 1.29 is 22.5 Å². The molecule has 0 radical (unpaired) electrons. The lowest BCUT2D eigenvalue weighted by Crippen LogP contribution is -2.38. The maximum absolute atomic E-state index is 14.0. The molecule has 1 aliphatic rings. The molecule has 0 amide bonds. The monoisotopic (exact) mass is 319 g/mol. The first-order valence-corrected chi connectivity index (χ1v) is 7.48. The zero-order valence-electron chi connectivity index (χ0n) is 11.2. The summed E-state index contributed by atoms with van der Waals surface area (Å²) in [5, 5.41) is 10.6. The van der Waals surface area contributed by atoms with Crippen molar-refractivity contribution in [3.63, 3.8) is 0 Å². The average molecular weight is 319 g/mol. The Morgan fingerprint density at radius 2 is 2.19 bits per heavy atom. The molecule has 21 heavy (non-hydrogen) atoms. The number of nitrogens with two attached hydrogens (primary N) is 1. The molecule has 116 valence electrons. The van der Waals surface area contributed by atoms with Crippen LogP contribution in [0.15, 0.2) is 17.0 Å². The van der Waals surface area contributed by atoms with E-state index in [4.69, 9.17) is 10.5 Å². The number of nitrogens with zero attached hydrogens (tertiary/aromatic N) is 2. The third-order valence-electron chi connectivity index (χ3n) is 3.32. The minimum Gasteiger partial charge on any atom is -0.397 e. The highest BCUT2D eigenvalue weighted by Crippen LogP contribution is 2.31.